The first-order valence-corrected chi connectivity index (χ1v) is 14.4. The molecule has 36 heavy (non-hydrogen) atoms. The van der Waals surface area contributed by atoms with Crippen molar-refractivity contribution in [2.45, 2.75) is 57.4 Å². The van der Waals surface area contributed by atoms with Crippen LogP contribution in [0.25, 0.3) is 6.08 Å². The van der Waals surface area contributed by atoms with Gasteiger partial charge in [0.1, 0.15) is 5.75 Å². The monoisotopic (exact) mass is 541 g/mol. The smallest absolute Gasteiger partial charge is 0.293 e. The zero-order valence-electron chi connectivity index (χ0n) is 20.3. The molecule has 2 aromatic carbocycles. The van der Waals surface area contributed by atoms with Gasteiger partial charge in [0.2, 0.25) is 0 Å². The lowest BCUT2D eigenvalue weighted by molar-refractivity contribution is -0.123. The average molecular weight is 543 g/mol. The van der Waals surface area contributed by atoms with Gasteiger partial charge >= 0.3 is 0 Å². The van der Waals surface area contributed by atoms with Crippen LogP contribution in [-0.2, 0) is 16.8 Å². The van der Waals surface area contributed by atoms with Crippen LogP contribution in [0.3, 0.4) is 0 Å². The Bertz CT molecular complexity index is 1240. The molecule has 0 radical (unpaired) electrons. The van der Waals surface area contributed by atoms with Crippen molar-refractivity contribution in [1.82, 2.24) is 4.90 Å². The molecule has 4 aliphatic carbocycles. The largest absolute Gasteiger partial charge is 0.493 e. The molecule has 0 N–H and O–H groups in total. The van der Waals surface area contributed by atoms with Gasteiger partial charge in [-0.2, -0.15) is 0 Å². The summed E-state index contributed by atoms with van der Waals surface area (Å²) in [6.45, 7) is 2.61. The van der Waals surface area contributed by atoms with Gasteiger partial charge in [-0.05, 0) is 122 Å². The summed E-state index contributed by atoms with van der Waals surface area (Å²) in [5, 5.41) is 0.653. The van der Waals surface area contributed by atoms with Crippen molar-refractivity contribution in [2.75, 3.05) is 6.61 Å². The number of hydrogen-bond donors (Lipinski definition) is 0. The highest BCUT2D eigenvalue weighted by Gasteiger charge is 2.51. The Hall–Kier alpha value is -1.95. The zero-order chi connectivity index (χ0) is 25.0. The molecule has 0 aromatic heterocycles. The van der Waals surface area contributed by atoms with Crippen LogP contribution in [0.5, 0.6) is 5.75 Å². The molecule has 4 saturated carbocycles. The van der Waals surface area contributed by atoms with Gasteiger partial charge in [0.15, 0.2) is 0 Å². The predicted octanol–water partition coefficient (Wildman–Crippen LogP) is 8.10. The maximum atomic E-state index is 13.3. The van der Waals surface area contributed by atoms with Gasteiger partial charge in [-0.3, -0.25) is 14.5 Å². The van der Waals surface area contributed by atoms with Crippen LogP contribution in [0.15, 0.2) is 41.3 Å². The molecule has 5 aliphatic rings. The second-order valence-electron chi connectivity index (χ2n) is 10.9. The zero-order valence-corrected chi connectivity index (χ0v) is 22.6. The van der Waals surface area contributed by atoms with E-state index in [1.807, 2.05) is 13.0 Å². The Morgan fingerprint density at radius 3 is 2.36 bits per heavy atom. The highest BCUT2D eigenvalue weighted by atomic mass is 35.5. The summed E-state index contributed by atoms with van der Waals surface area (Å²) < 4.78 is 5.94. The van der Waals surface area contributed by atoms with Gasteiger partial charge in [-0.15, -0.1) is 0 Å². The second-order valence-corrected chi connectivity index (χ2v) is 12.7. The van der Waals surface area contributed by atoms with E-state index in [2.05, 4.69) is 18.2 Å². The van der Waals surface area contributed by atoms with E-state index in [0.29, 0.717) is 27.1 Å². The maximum Gasteiger partial charge on any atom is 0.293 e. The van der Waals surface area contributed by atoms with Gasteiger partial charge in [0.05, 0.1) is 18.1 Å². The minimum atomic E-state index is -0.307. The molecule has 2 aromatic rings. The normalized spacial score (nSPS) is 30.0. The lowest BCUT2D eigenvalue weighted by Gasteiger charge is -2.57. The molecule has 7 heteroatoms. The molecular formula is C29H29Cl2NO3S. The Morgan fingerprint density at radius 1 is 1.03 bits per heavy atom. The number of benzene rings is 2. The van der Waals surface area contributed by atoms with Crippen LogP contribution in [0, 0.1) is 17.8 Å². The van der Waals surface area contributed by atoms with E-state index in [-0.39, 0.29) is 23.1 Å². The number of halogens is 2. The molecule has 1 saturated heterocycles. The van der Waals surface area contributed by atoms with Crippen LogP contribution in [-0.4, -0.2) is 22.7 Å². The molecule has 4 bridgehead atoms. The summed E-state index contributed by atoms with van der Waals surface area (Å²) in [5.74, 6) is 2.99. The number of ether oxygens (including phenoxy) is 1. The second kappa shape index (κ2) is 9.41. The molecule has 0 atom stereocenters. The lowest BCUT2D eigenvalue weighted by atomic mass is 9.48. The first-order valence-electron chi connectivity index (χ1n) is 12.8. The van der Waals surface area contributed by atoms with Crippen molar-refractivity contribution in [3.05, 3.63) is 68.0 Å². The quantitative estimate of drug-likeness (QED) is 0.346. The van der Waals surface area contributed by atoms with E-state index < -0.39 is 0 Å². The molecule has 1 aliphatic heterocycles. The minimum absolute atomic E-state index is 0.115. The maximum absolute atomic E-state index is 13.3. The molecule has 7 rings (SSSR count). The number of amides is 2. The number of hydrogen-bond acceptors (Lipinski definition) is 4. The minimum Gasteiger partial charge on any atom is -0.493 e. The third-order valence-corrected chi connectivity index (χ3v) is 9.96. The number of rotatable bonds is 6. The van der Waals surface area contributed by atoms with E-state index >= 15 is 0 Å². The van der Waals surface area contributed by atoms with Crippen molar-refractivity contribution in [1.29, 1.82) is 0 Å². The number of thioether (sulfide) groups is 1. The van der Waals surface area contributed by atoms with E-state index in [1.165, 1.54) is 49.0 Å². The summed E-state index contributed by atoms with van der Waals surface area (Å²) in [7, 11) is 0. The Balaban J connectivity index is 1.31. The standard InChI is InChI=1S/C29H29Cl2NO3S/c1-2-35-25-6-4-22(29-13-17-7-18(14-29)9-19(8-17)15-29)10-21(25)11-26-27(33)32(28(34)36-26)16-20-3-5-23(30)12-24(20)31/h3-6,10-12,17-19H,2,7-9,13-16H2,1H3/b26-11-. The van der Waals surface area contributed by atoms with Crippen LogP contribution < -0.4 is 4.74 Å². The molecule has 0 spiro atoms. The summed E-state index contributed by atoms with van der Waals surface area (Å²) in [6, 6.07) is 11.6. The fourth-order valence-electron chi connectivity index (χ4n) is 7.34. The summed E-state index contributed by atoms with van der Waals surface area (Å²) in [5.41, 5.74) is 3.17. The highest BCUT2D eigenvalue weighted by Crippen LogP contribution is 2.61. The lowest BCUT2D eigenvalue weighted by Crippen LogP contribution is -2.48. The number of carbonyl (C=O) groups is 2. The Kier molecular flexibility index (Phi) is 6.38. The van der Waals surface area contributed by atoms with Crippen molar-refractivity contribution in [3.8, 4) is 5.75 Å². The van der Waals surface area contributed by atoms with E-state index in [9.17, 15) is 9.59 Å². The van der Waals surface area contributed by atoms with Crippen molar-refractivity contribution in [2.24, 2.45) is 17.8 Å². The first-order chi connectivity index (χ1) is 17.3. The summed E-state index contributed by atoms with van der Waals surface area (Å²) >= 11 is 13.3. The Labute approximate surface area is 226 Å². The molecule has 4 nitrogen and oxygen atoms in total. The van der Waals surface area contributed by atoms with Gasteiger partial charge in [0, 0.05) is 15.6 Å². The van der Waals surface area contributed by atoms with E-state index in [4.69, 9.17) is 27.9 Å². The van der Waals surface area contributed by atoms with Crippen molar-refractivity contribution >= 4 is 52.2 Å². The molecule has 0 unspecified atom stereocenters. The fraction of sp³-hybridized carbons (Fsp3) is 0.448. The van der Waals surface area contributed by atoms with Crippen LogP contribution >= 0.6 is 35.0 Å². The predicted molar refractivity (Wildman–Crippen MR) is 145 cm³/mol. The van der Waals surface area contributed by atoms with Crippen LogP contribution in [0.2, 0.25) is 10.0 Å². The third-order valence-electron chi connectivity index (χ3n) is 8.46. The van der Waals surface area contributed by atoms with Gasteiger partial charge in [-0.1, -0.05) is 35.3 Å². The van der Waals surface area contributed by atoms with Gasteiger partial charge in [-0.25, -0.2) is 0 Å². The van der Waals surface area contributed by atoms with Crippen molar-refractivity contribution in [3.63, 3.8) is 0 Å². The SMILES string of the molecule is CCOc1ccc(C23CC4CC(CC(C4)C2)C3)cc1/C=C1\SC(=O)N(Cc2ccc(Cl)cc2Cl)C1=O. The van der Waals surface area contributed by atoms with E-state index in [1.54, 1.807) is 18.2 Å². The first kappa shape index (κ1) is 24.4. The van der Waals surface area contributed by atoms with Crippen LogP contribution in [0.1, 0.15) is 62.1 Å². The molecule has 188 valence electrons. The van der Waals surface area contributed by atoms with Crippen molar-refractivity contribution < 1.29 is 14.3 Å². The molecule has 1 heterocycles. The molecule has 5 fully saturated rings. The third kappa shape index (κ3) is 4.37. The van der Waals surface area contributed by atoms with Crippen LogP contribution in [0.4, 0.5) is 4.79 Å². The highest BCUT2D eigenvalue weighted by molar-refractivity contribution is 8.18. The fourth-order valence-corrected chi connectivity index (χ4v) is 8.64. The topological polar surface area (TPSA) is 46.6 Å². The molecular weight excluding hydrogens is 513 g/mol. The number of nitrogens with zero attached hydrogens (tertiary/aromatic N) is 1. The Morgan fingerprint density at radius 2 is 1.72 bits per heavy atom. The number of carbonyl (C=O) groups excluding carboxylic acids is 2. The van der Waals surface area contributed by atoms with Gasteiger partial charge < -0.3 is 4.74 Å². The summed E-state index contributed by atoms with van der Waals surface area (Å²) in [4.78, 5) is 27.7. The number of imide groups is 1. The van der Waals surface area contributed by atoms with E-state index in [0.717, 1.165) is 40.8 Å². The summed E-state index contributed by atoms with van der Waals surface area (Å²) in [6.07, 6.45) is 9.83. The average Bonchev–Trinajstić information content (AvgIpc) is 3.08. The molecule has 2 amide bonds. The van der Waals surface area contributed by atoms with Gasteiger partial charge in [0.25, 0.3) is 11.1 Å².